The smallest absolute Gasteiger partial charge is 0.227 e. The topological polar surface area (TPSA) is 67.8 Å². The highest BCUT2D eigenvalue weighted by Crippen LogP contribution is 2.31. The molecule has 5 heteroatoms. The Morgan fingerprint density at radius 2 is 1.87 bits per heavy atom. The van der Waals surface area contributed by atoms with Gasteiger partial charge in [0.25, 0.3) is 0 Å². The number of nitrogens with zero attached hydrogens (tertiary/aromatic N) is 1. The Kier molecular flexibility index (Phi) is 6.40. The van der Waals surface area contributed by atoms with Crippen LogP contribution in [0.3, 0.4) is 0 Å². The van der Waals surface area contributed by atoms with Crippen LogP contribution < -0.4 is 10.1 Å². The number of nitrogens with one attached hydrogen (secondary N) is 1. The Morgan fingerprint density at radius 3 is 2.50 bits per heavy atom. The number of amides is 1. The van der Waals surface area contributed by atoms with Crippen molar-refractivity contribution in [2.45, 2.75) is 52.5 Å². The van der Waals surface area contributed by atoms with Crippen LogP contribution in [-0.2, 0) is 11.2 Å². The molecule has 1 aliphatic heterocycles. The Balaban J connectivity index is 1.78. The average Bonchev–Trinajstić information content (AvgIpc) is 2.72. The monoisotopic (exact) mass is 406 g/mol. The summed E-state index contributed by atoms with van der Waals surface area (Å²) in [4.78, 5) is 29.9. The minimum atomic E-state index is -0.249. The van der Waals surface area contributed by atoms with E-state index in [-0.39, 0.29) is 29.6 Å². The summed E-state index contributed by atoms with van der Waals surface area (Å²) >= 11 is 0. The summed E-state index contributed by atoms with van der Waals surface area (Å²) in [5, 5.41) is 2.89. The second-order valence-electron chi connectivity index (χ2n) is 8.55. The third-order valence-corrected chi connectivity index (χ3v) is 5.55. The fourth-order valence-electron chi connectivity index (χ4n) is 3.62. The van der Waals surface area contributed by atoms with Gasteiger partial charge < -0.3 is 10.1 Å². The number of fused-ring (bicyclic) bond motifs is 1. The molecule has 0 saturated heterocycles. The molecule has 3 rings (SSSR count). The normalized spacial score (nSPS) is 15.6. The molecule has 158 valence electrons. The van der Waals surface area contributed by atoms with Crippen LogP contribution in [-0.4, -0.2) is 30.1 Å². The first-order valence-corrected chi connectivity index (χ1v) is 10.4. The van der Waals surface area contributed by atoms with E-state index in [0.29, 0.717) is 11.3 Å². The molecule has 0 aliphatic carbocycles. The molecule has 2 aromatic rings. The number of anilines is 1. The van der Waals surface area contributed by atoms with Gasteiger partial charge in [-0.2, -0.15) is 0 Å². The zero-order valence-electron chi connectivity index (χ0n) is 18.4. The number of hydrogen-bond donors (Lipinski definition) is 1. The number of ketones is 1. The number of rotatable bonds is 7. The molecule has 1 N–H and O–H groups in total. The molecule has 1 atom stereocenters. The van der Waals surface area contributed by atoms with Gasteiger partial charge in [0.1, 0.15) is 5.75 Å². The van der Waals surface area contributed by atoms with Gasteiger partial charge in [-0.3, -0.25) is 14.6 Å². The van der Waals surface area contributed by atoms with E-state index in [1.807, 2.05) is 26.0 Å². The van der Waals surface area contributed by atoms with E-state index in [4.69, 9.17) is 9.73 Å². The van der Waals surface area contributed by atoms with Gasteiger partial charge in [-0.25, -0.2) is 0 Å². The maximum atomic E-state index is 13.0. The number of ether oxygens (including phenoxy) is 1. The first-order chi connectivity index (χ1) is 14.2. The van der Waals surface area contributed by atoms with Gasteiger partial charge in [-0.1, -0.05) is 19.9 Å². The van der Waals surface area contributed by atoms with Crippen molar-refractivity contribution in [3.63, 3.8) is 0 Å². The Morgan fingerprint density at radius 1 is 1.17 bits per heavy atom. The molecule has 0 bridgehead atoms. The minimum Gasteiger partial charge on any atom is -0.497 e. The maximum Gasteiger partial charge on any atom is 0.227 e. The lowest BCUT2D eigenvalue weighted by Gasteiger charge is -2.29. The third-order valence-electron chi connectivity index (χ3n) is 5.55. The van der Waals surface area contributed by atoms with E-state index < -0.39 is 0 Å². The van der Waals surface area contributed by atoms with E-state index >= 15 is 0 Å². The van der Waals surface area contributed by atoms with Crippen molar-refractivity contribution in [1.29, 1.82) is 0 Å². The lowest BCUT2D eigenvalue weighted by molar-refractivity contribution is -0.119. The number of benzene rings is 2. The van der Waals surface area contributed by atoms with Crippen LogP contribution in [0.15, 0.2) is 47.5 Å². The summed E-state index contributed by atoms with van der Waals surface area (Å²) in [7, 11) is 1.64. The number of carbonyl (C=O) groups is 2. The standard InChI is InChI=1S/C25H30N2O3/c1-6-16(2)24(29)26-19-10-7-17(8-11-19)23(28)14-22-21-13-20(30-5)12-9-18(21)15-25(3,4)27-22/h7-13,16H,6,14-15H2,1-5H3,(H,26,29). The first kappa shape index (κ1) is 21.8. The fourth-order valence-corrected chi connectivity index (χ4v) is 3.62. The second kappa shape index (κ2) is 8.82. The van der Waals surface area contributed by atoms with E-state index in [0.717, 1.165) is 29.9 Å². The molecule has 1 unspecified atom stereocenters. The summed E-state index contributed by atoms with van der Waals surface area (Å²) in [6, 6.07) is 13.0. The maximum absolute atomic E-state index is 13.0. The quantitative estimate of drug-likeness (QED) is 0.652. The van der Waals surface area contributed by atoms with E-state index in [9.17, 15) is 9.59 Å². The minimum absolute atomic E-state index is 0.0000210. The van der Waals surface area contributed by atoms with Crippen molar-refractivity contribution >= 4 is 23.1 Å². The lowest BCUT2D eigenvalue weighted by Crippen LogP contribution is -2.30. The third kappa shape index (κ3) is 4.96. The van der Waals surface area contributed by atoms with Gasteiger partial charge in [0.15, 0.2) is 5.78 Å². The highest BCUT2D eigenvalue weighted by atomic mass is 16.5. The molecule has 1 heterocycles. The molecule has 1 amide bonds. The van der Waals surface area contributed by atoms with Crippen LogP contribution in [0.2, 0.25) is 0 Å². The predicted octanol–water partition coefficient (Wildman–Crippen LogP) is 5.08. The molecule has 0 aromatic heterocycles. The number of aliphatic imine (C=N–C) groups is 1. The molecule has 0 fully saturated rings. The van der Waals surface area contributed by atoms with Crippen LogP contribution in [0, 0.1) is 5.92 Å². The van der Waals surface area contributed by atoms with Gasteiger partial charge >= 0.3 is 0 Å². The Bertz CT molecular complexity index is 974. The first-order valence-electron chi connectivity index (χ1n) is 10.4. The zero-order chi connectivity index (χ0) is 21.9. The van der Waals surface area contributed by atoms with Crippen LogP contribution in [0.4, 0.5) is 5.69 Å². The van der Waals surface area contributed by atoms with Crippen LogP contribution >= 0.6 is 0 Å². The fraction of sp³-hybridized carbons (Fsp3) is 0.400. The molecule has 2 aromatic carbocycles. The van der Waals surface area contributed by atoms with E-state index in [1.54, 1.807) is 31.4 Å². The van der Waals surface area contributed by atoms with Crippen molar-refractivity contribution < 1.29 is 14.3 Å². The molecule has 0 spiro atoms. The van der Waals surface area contributed by atoms with Crippen molar-refractivity contribution in [3.8, 4) is 5.75 Å². The van der Waals surface area contributed by atoms with Crippen LogP contribution in [0.1, 0.15) is 62.0 Å². The van der Waals surface area contributed by atoms with Crippen molar-refractivity contribution in [1.82, 2.24) is 0 Å². The molecule has 0 saturated carbocycles. The number of hydrogen-bond acceptors (Lipinski definition) is 4. The van der Waals surface area contributed by atoms with Crippen LogP contribution in [0.5, 0.6) is 5.75 Å². The summed E-state index contributed by atoms with van der Waals surface area (Å²) in [6.07, 6.45) is 1.84. The summed E-state index contributed by atoms with van der Waals surface area (Å²) < 4.78 is 5.37. The summed E-state index contributed by atoms with van der Waals surface area (Å²) in [5.41, 5.74) is 4.01. The van der Waals surface area contributed by atoms with E-state index in [1.165, 1.54) is 5.56 Å². The van der Waals surface area contributed by atoms with Crippen molar-refractivity contribution in [3.05, 3.63) is 59.2 Å². The summed E-state index contributed by atoms with van der Waals surface area (Å²) in [6.45, 7) is 8.04. The van der Waals surface area contributed by atoms with Gasteiger partial charge in [-0.05, 0) is 68.7 Å². The van der Waals surface area contributed by atoms with E-state index in [2.05, 4.69) is 25.2 Å². The van der Waals surface area contributed by atoms with Crippen LogP contribution in [0.25, 0.3) is 0 Å². The molecule has 30 heavy (non-hydrogen) atoms. The number of methoxy groups -OCH3 is 1. The zero-order valence-corrected chi connectivity index (χ0v) is 18.4. The van der Waals surface area contributed by atoms with Gasteiger partial charge in [0.05, 0.1) is 24.8 Å². The van der Waals surface area contributed by atoms with Crippen molar-refractivity contribution in [2.24, 2.45) is 10.9 Å². The Hall–Kier alpha value is -2.95. The Labute approximate surface area is 178 Å². The molecular formula is C25H30N2O3. The molecule has 1 aliphatic rings. The highest BCUT2D eigenvalue weighted by Gasteiger charge is 2.28. The largest absolute Gasteiger partial charge is 0.497 e. The summed E-state index contributed by atoms with van der Waals surface area (Å²) in [5.74, 6) is 0.701. The lowest BCUT2D eigenvalue weighted by atomic mass is 9.85. The highest BCUT2D eigenvalue weighted by molar-refractivity contribution is 6.17. The van der Waals surface area contributed by atoms with Gasteiger partial charge in [0, 0.05) is 22.7 Å². The second-order valence-corrected chi connectivity index (χ2v) is 8.55. The predicted molar refractivity (Wildman–Crippen MR) is 121 cm³/mol. The average molecular weight is 407 g/mol. The van der Waals surface area contributed by atoms with Crippen molar-refractivity contribution in [2.75, 3.05) is 12.4 Å². The van der Waals surface area contributed by atoms with Gasteiger partial charge in [0.2, 0.25) is 5.91 Å². The molecular weight excluding hydrogens is 376 g/mol. The molecule has 5 nitrogen and oxygen atoms in total. The number of carbonyl (C=O) groups excluding carboxylic acids is 2. The number of Topliss-reactive ketones (excluding diaryl/α,β-unsaturated/α-hetero) is 1. The van der Waals surface area contributed by atoms with Gasteiger partial charge in [-0.15, -0.1) is 0 Å². The SMILES string of the molecule is CCC(C)C(=O)Nc1ccc(C(=O)CC2=NC(C)(C)Cc3ccc(OC)cc32)cc1. The molecule has 0 radical (unpaired) electrons.